The number of amides is 1. The zero-order valence-corrected chi connectivity index (χ0v) is 13.7. The summed E-state index contributed by atoms with van der Waals surface area (Å²) >= 11 is 5.80. The lowest BCUT2D eigenvalue weighted by atomic mass is 10.1. The number of halogens is 1. The van der Waals surface area contributed by atoms with Crippen molar-refractivity contribution >= 4 is 27.5 Å². The van der Waals surface area contributed by atoms with E-state index in [1.54, 1.807) is 12.1 Å². The van der Waals surface area contributed by atoms with E-state index in [-0.39, 0.29) is 22.8 Å². The Labute approximate surface area is 135 Å². The third-order valence-corrected chi connectivity index (χ3v) is 6.36. The maximum Gasteiger partial charge on any atom is 0.243 e. The quantitative estimate of drug-likeness (QED) is 0.910. The minimum atomic E-state index is -3.47. The van der Waals surface area contributed by atoms with Crippen LogP contribution in [0.2, 0.25) is 5.02 Å². The molecule has 2 fully saturated rings. The van der Waals surface area contributed by atoms with Gasteiger partial charge in [-0.25, -0.2) is 8.42 Å². The fraction of sp³-hybridized carbons (Fsp3) is 0.533. The van der Waals surface area contributed by atoms with E-state index in [2.05, 4.69) is 5.32 Å². The Morgan fingerprint density at radius 1 is 1.09 bits per heavy atom. The van der Waals surface area contributed by atoms with Gasteiger partial charge in [0.1, 0.15) is 0 Å². The van der Waals surface area contributed by atoms with Crippen molar-refractivity contribution in [2.24, 2.45) is 5.92 Å². The Hall–Kier alpha value is -1.11. The average molecular weight is 343 g/mol. The van der Waals surface area contributed by atoms with E-state index in [1.165, 1.54) is 16.4 Å². The van der Waals surface area contributed by atoms with Crippen molar-refractivity contribution in [1.82, 2.24) is 9.62 Å². The van der Waals surface area contributed by atoms with E-state index in [0.29, 0.717) is 31.0 Å². The molecule has 1 saturated carbocycles. The van der Waals surface area contributed by atoms with Crippen LogP contribution in [0.4, 0.5) is 0 Å². The highest BCUT2D eigenvalue weighted by atomic mass is 35.5. The first-order valence-corrected chi connectivity index (χ1v) is 9.35. The van der Waals surface area contributed by atoms with Gasteiger partial charge in [-0.15, -0.1) is 0 Å². The highest BCUT2D eigenvalue weighted by molar-refractivity contribution is 7.89. The number of benzene rings is 1. The van der Waals surface area contributed by atoms with Gasteiger partial charge in [-0.3, -0.25) is 4.79 Å². The van der Waals surface area contributed by atoms with Gasteiger partial charge < -0.3 is 5.32 Å². The number of carbonyl (C=O) groups excluding carboxylic acids is 1. The van der Waals surface area contributed by atoms with E-state index in [9.17, 15) is 13.2 Å². The number of nitrogens with one attached hydrogen (secondary N) is 1. The number of carbonyl (C=O) groups is 1. The van der Waals surface area contributed by atoms with Crippen molar-refractivity contribution in [2.45, 2.75) is 36.6 Å². The molecule has 1 aliphatic heterocycles. The molecule has 0 unspecified atom stereocenters. The molecular weight excluding hydrogens is 324 g/mol. The van der Waals surface area contributed by atoms with Gasteiger partial charge in [0.05, 0.1) is 4.90 Å². The molecule has 1 aromatic carbocycles. The van der Waals surface area contributed by atoms with Crippen LogP contribution in [-0.4, -0.2) is 37.8 Å². The summed E-state index contributed by atoms with van der Waals surface area (Å²) in [5.41, 5.74) is 0. The molecule has 22 heavy (non-hydrogen) atoms. The fourth-order valence-electron chi connectivity index (χ4n) is 2.66. The molecule has 1 aromatic rings. The summed E-state index contributed by atoms with van der Waals surface area (Å²) in [6.07, 6.45) is 3.28. The summed E-state index contributed by atoms with van der Waals surface area (Å²) in [5, 5.41) is 3.54. The molecule has 2 aliphatic rings. The molecule has 0 atom stereocenters. The van der Waals surface area contributed by atoms with E-state index >= 15 is 0 Å². The lowest BCUT2D eigenvalue weighted by Crippen LogP contribution is -2.46. The molecule has 120 valence electrons. The zero-order chi connectivity index (χ0) is 15.7. The topological polar surface area (TPSA) is 66.5 Å². The summed E-state index contributed by atoms with van der Waals surface area (Å²) in [6, 6.07) is 6.30. The molecule has 1 N–H and O–H groups in total. The Morgan fingerprint density at radius 2 is 1.68 bits per heavy atom. The fourth-order valence-corrected chi connectivity index (χ4v) is 4.26. The first-order chi connectivity index (χ1) is 10.5. The van der Waals surface area contributed by atoms with Crippen LogP contribution in [0.3, 0.4) is 0 Å². The molecule has 0 bridgehead atoms. The van der Waals surface area contributed by atoms with Crippen LogP contribution >= 0.6 is 11.6 Å². The Balaban J connectivity index is 1.60. The Bertz CT molecular complexity index is 648. The standard InChI is InChI=1S/C15H19ClN2O3S/c16-12-3-5-14(6-4-12)22(20,21)18-9-7-13(8-10-18)17-15(19)11-1-2-11/h3-6,11,13H,1-2,7-10H2,(H,17,19). The van der Waals surface area contributed by atoms with Gasteiger partial charge in [0.25, 0.3) is 0 Å². The van der Waals surface area contributed by atoms with E-state index in [4.69, 9.17) is 11.6 Å². The van der Waals surface area contributed by atoms with Gasteiger partial charge in [-0.2, -0.15) is 4.31 Å². The molecule has 0 radical (unpaired) electrons. The van der Waals surface area contributed by atoms with E-state index in [0.717, 1.165) is 12.8 Å². The van der Waals surface area contributed by atoms with Crippen LogP contribution < -0.4 is 5.32 Å². The number of rotatable bonds is 4. The predicted octanol–water partition coefficient (Wildman–Crippen LogP) is 2.02. The molecule has 1 aliphatic carbocycles. The van der Waals surface area contributed by atoms with Gasteiger partial charge in [-0.05, 0) is 49.9 Å². The Morgan fingerprint density at radius 3 is 2.23 bits per heavy atom. The number of sulfonamides is 1. The van der Waals surface area contributed by atoms with Gasteiger partial charge >= 0.3 is 0 Å². The van der Waals surface area contributed by atoms with Crippen molar-refractivity contribution in [1.29, 1.82) is 0 Å². The van der Waals surface area contributed by atoms with Crippen LogP contribution in [0, 0.1) is 5.92 Å². The van der Waals surface area contributed by atoms with Crippen molar-refractivity contribution in [2.75, 3.05) is 13.1 Å². The summed E-state index contributed by atoms with van der Waals surface area (Å²) in [7, 11) is -3.47. The molecular formula is C15H19ClN2O3S. The Kier molecular flexibility index (Phi) is 4.43. The second-order valence-corrected chi connectivity index (χ2v) is 8.29. The highest BCUT2D eigenvalue weighted by Gasteiger charge is 2.33. The number of hydrogen-bond acceptors (Lipinski definition) is 3. The monoisotopic (exact) mass is 342 g/mol. The molecule has 7 heteroatoms. The van der Waals surface area contributed by atoms with Crippen LogP contribution in [0.25, 0.3) is 0 Å². The molecule has 0 aromatic heterocycles. The van der Waals surface area contributed by atoms with E-state index < -0.39 is 10.0 Å². The van der Waals surface area contributed by atoms with Crippen LogP contribution in [0.15, 0.2) is 29.2 Å². The molecule has 3 rings (SSSR count). The van der Waals surface area contributed by atoms with Crippen LogP contribution in [0.5, 0.6) is 0 Å². The average Bonchev–Trinajstić information content (AvgIpc) is 3.33. The SMILES string of the molecule is O=C(NC1CCN(S(=O)(=O)c2ccc(Cl)cc2)CC1)C1CC1. The minimum Gasteiger partial charge on any atom is -0.353 e. The van der Waals surface area contributed by atoms with Crippen molar-refractivity contribution in [3.8, 4) is 0 Å². The van der Waals surface area contributed by atoms with Gasteiger partial charge in [0.2, 0.25) is 15.9 Å². The third kappa shape index (κ3) is 3.45. The third-order valence-electron chi connectivity index (χ3n) is 4.20. The zero-order valence-electron chi connectivity index (χ0n) is 12.2. The lowest BCUT2D eigenvalue weighted by Gasteiger charge is -2.31. The summed E-state index contributed by atoms with van der Waals surface area (Å²) in [6.45, 7) is 0.862. The summed E-state index contributed by atoms with van der Waals surface area (Å²) in [5.74, 6) is 0.315. The first-order valence-electron chi connectivity index (χ1n) is 7.53. The van der Waals surface area contributed by atoms with E-state index in [1.807, 2.05) is 0 Å². The second-order valence-electron chi connectivity index (χ2n) is 5.92. The predicted molar refractivity (Wildman–Crippen MR) is 84.1 cm³/mol. The molecule has 0 spiro atoms. The van der Waals surface area contributed by atoms with Gasteiger partial charge in [-0.1, -0.05) is 11.6 Å². The highest BCUT2D eigenvalue weighted by Crippen LogP contribution is 2.29. The molecule has 1 amide bonds. The normalized spacial score (nSPS) is 20.8. The van der Waals surface area contributed by atoms with Gasteiger partial charge in [0, 0.05) is 30.1 Å². The van der Waals surface area contributed by atoms with Crippen molar-refractivity contribution < 1.29 is 13.2 Å². The summed E-state index contributed by atoms with van der Waals surface area (Å²) in [4.78, 5) is 12.0. The molecule has 1 heterocycles. The van der Waals surface area contributed by atoms with Crippen molar-refractivity contribution in [3.05, 3.63) is 29.3 Å². The molecule has 5 nitrogen and oxygen atoms in total. The molecule has 1 saturated heterocycles. The van der Waals surface area contributed by atoms with Crippen molar-refractivity contribution in [3.63, 3.8) is 0 Å². The maximum atomic E-state index is 12.5. The number of nitrogens with zero attached hydrogens (tertiary/aromatic N) is 1. The maximum absolute atomic E-state index is 12.5. The number of piperidine rings is 1. The summed E-state index contributed by atoms with van der Waals surface area (Å²) < 4.78 is 26.6. The smallest absolute Gasteiger partial charge is 0.243 e. The largest absolute Gasteiger partial charge is 0.353 e. The van der Waals surface area contributed by atoms with Crippen LogP contribution in [0.1, 0.15) is 25.7 Å². The first kappa shape index (κ1) is 15.8. The minimum absolute atomic E-state index is 0.0877. The second kappa shape index (κ2) is 6.18. The van der Waals surface area contributed by atoms with Gasteiger partial charge in [0.15, 0.2) is 0 Å². The number of hydrogen-bond donors (Lipinski definition) is 1. The van der Waals surface area contributed by atoms with Crippen LogP contribution in [-0.2, 0) is 14.8 Å². The lowest BCUT2D eigenvalue weighted by molar-refractivity contribution is -0.123.